The van der Waals surface area contributed by atoms with Crippen LogP contribution in [0.3, 0.4) is 0 Å². The summed E-state index contributed by atoms with van der Waals surface area (Å²) in [5, 5.41) is 0.675. The maximum Gasteiger partial charge on any atom is 0.195 e. The first-order valence-corrected chi connectivity index (χ1v) is 6.63. The molecule has 0 aliphatic heterocycles. The van der Waals surface area contributed by atoms with E-state index < -0.39 is 0 Å². The third-order valence-electron chi connectivity index (χ3n) is 3.23. The number of hydrogen-bond acceptors (Lipinski definition) is 3. The van der Waals surface area contributed by atoms with E-state index in [-0.39, 0.29) is 5.41 Å². The number of hydrogen-bond donors (Lipinski definition) is 1. The zero-order chi connectivity index (χ0) is 13.2. The Morgan fingerprint density at radius 3 is 2.83 bits per heavy atom. The molecule has 1 heterocycles. The van der Waals surface area contributed by atoms with E-state index in [0.29, 0.717) is 5.02 Å². The second-order valence-corrected chi connectivity index (χ2v) is 5.86. The molecule has 1 aromatic carbocycles. The first-order valence-electron chi connectivity index (χ1n) is 6.25. The van der Waals surface area contributed by atoms with Crippen molar-refractivity contribution in [1.82, 2.24) is 4.98 Å². The summed E-state index contributed by atoms with van der Waals surface area (Å²) in [6.07, 6.45) is 2.86. The van der Waals surface area contributed by atoms with Crippen LogP contribution in [0.15, 0.2) is 22.6 Å². The van der Waals surface area contributed by atoms with Crippen molar-refractivity contribution in [2.24, 2.45) is 11.1 Å². The minimum absolute atomic E-state index is 0.229. The summed E-state index contributed by atoms with van der Waals surface area (Å²) in [5.74, 6) is 0.775. The van der Waals surface area contributed by atoms with Crippen molar-refractivity contribution in [2.75, 3.05) is 6.54 Å². The Kier molecular flexibility index (Phi) is 3.93. The van der Waals surface area contributed by atoms with Crippen LogP contribution in [0.1, 0.15) is 32.6 Å². The number of nitrogens with two attached hydrogens (primary N) is 1. The molecule has 2 rings (SSSR count). The number of nitrogens with zero attached hydrogens (tertiary/aromatic N) is 1. The number of benzene rings is 1. The molecule has 4 heteroatoms. The molecule has 1 aromatic heterocycles. The van der Waals surface area contributed by atoms with Crippen LogP contribution >= 0.6 is 11.6 Å². The molecule has 0 fully saturated rings. The minimum atomic E-state index is 0.229. The van der Waals surface area contributed by atoms with Gasteiger partial charge in [0, 0.05) is 17.5 Å². The Labute approximate surface area is 112 Å². The SMILES string of the molecule is CC(C)(CCN)CCc1nc2ccc(Cl)cc2o1. The molecule has 0 spiro atoms. The Morgan fingerprint density at radius 2 is 2.11 bits per heavy atom. The second kappa shape index (κ2) is 5.29. The zero-order valence-electron chi connectivity index (χ0n) is 10.9. The van der Waals surface area contributed by atoms with Crippen LogP contribution in [-0.2, 0) is 6.42 Å². The molecule has 98 valence electrons. The number of fused-ring (bicyclic) bond motifs is 1. The predicted molar refractivity (Wildman–Crippen MR) is 74.8 cm³/mol. The molecule has 0 amide bonds. The van der Waals surface area contributed by atoms with Crippen LogP contribution in [0, 0.1) is 5.41 Å². The average molecular weight is 267 g/mol. The molecule has 0 saturated carbocycles. The summed E-state index contributed by atoms with van der Waals surface area (Å²) in [7, 11) is 0. The smallest absolute Gasteiger partial charge is 0.195 e. The fraction of sp³-hybridized carbons (Fsp3) is 0.500. The Balaban J connectivity index is 2.08. The van der Waals surface area contributed by atoms with Crippen molar-refractivity contribution in [3.63, 3.8) is 0 Å². The lowest BCUT2D eigenvalue weighted by Gasteiger charge is -2.22. The highest BCUT2D eigenvalue weighted by molar-refractivity contribution is 6.31. The van der Waals surface area contributed by atoms with Crippen molar-refractivity contribution in [1.29, 1.82) is 0 Å². The van der Waals surface area contributed by atoms with Crippen molar-refractivity contribution in [3.8, 4) is 0 Å². The van der Waals surface area contributed by atoms with E-state index in [4.69, 9.17) is 21.8 Å². The summed E-state index contributed by atoms with van der Waals surface area (Å²) in [6, 6.07) is 5.52. The molecule has 0 aliphatic rings. The highest BCUT2D eigenvalue weighted by Crippen LogP contribution is 2.27. The maximum absolute atomic E-state index is 5.92. The van der Waals surface area contributed by atoms with E-state index in [1.54, 1.807) is 6.07 Å². The van der Waals surface area contributed by atoms with Gasteiger partial charge < -0.3 is 10.2 Å². The third kappa shape index (κ3) is 3.24. The monoisotopic (exact) mass is 266 g/mol. The number of oxazole rings is 1. The number of aromatic nitrogens is 1. The van der Waals surface area contributed by atoms with Crippen molar-refractivity contribution < 1.29 is 4.42 Å². The van der Waals surface area contributed by atoms with Gasteiger partial charge in [-0.25, -0.2) is 4.98 Å². The summed E-state index contributed by atoms with van der Waals surface area (Å²) < 4.78 is 5.70. The molecule has 0 saturated heterocycles. The summed E-state index contributed by atoms with van der Waals surface area (Å²) in [5.41, 5.74) is 7.46. The van der Waals surface area contributed by atoms with Crippen molar-refractivity contribution in [3.05, 3.63) is 29.1 Å². The normalized spacial score (nSPS) is 12.2. The first kappa shape index (κ1) is 13.4. The van der Waals surface area contributed by atoms with E-state index in [1.165, 1.54) is 0 Å². The quantitative estimate of drug-likeness (QED) is 0.896. The molecular weight excluding hydrogens is 248 g/mol. The third-order valence-corrected chi connectivity index (χ3v) is 3.47. The van der Waals surface area contributed by atoms with Gasteiger partial charge in [-0.1, -0.05) is 25.4 Å². The highest BCUT2D eigenvalue weighted by Gasteiger charge is 2.18. The van der Waals surface area contributed by atoms with Crippen LogP contribution in [0.4, 0.5) is 0 Å². The van der Waals surface area contributed by atoms with E-state index in [2.05, 4.69) is 18.8 Å². The number of rotatable bonds is 5. The summed E-state index contributed by atoms with van der Waals surface area (Å²) >= 11 is 5.92. The van der Waals surface area contributed by atoms with Crippen LogP contribution in [0.25, 0.3) is 11.1 Å². The molecule has 0 bridgehead atoms. The first-order chi connectivity index (χ1) is 8.50. The minimum Gasteiger partial charge on any atom is -0.441 e. The molecule has 0 unspecified atom stereocenters. The highest BCUT2D eigenvalue weighted by atomic mass is 35.5. The van der Waals surface area contributed by atoms with E-state index in [9.17, 15) is 0 Å². The van der Waals surface area contributed by atoms with Crippen LogP contribution in [0.5, 0.6) is 0 Å². The van der Waals surface area contributed by atoms with Gasteiger partial charge in [0.15, 0.2) is 11.5 Å². The standard InChI is InChI=1S/C14H19ClN2O/c1-14(2,7-8-16)6-5-13-17-11-4-3-10(15)9-12(11)18-13/h3-4,9H,5-8,16H2,1-2H3. The number of halogens is 1. The van der Waals surface area contributed by atoms with Gasteiger partial charge in [-0.15, -0.1) is 0 Å². The second-order valence-electron chi connectivity index (χ2n) is 5.42. The Bertz CT molecular complexity index is 534. The van der Waals surface area contributed by atoms with Gasteiger partial charge in [0.2, 0.25) is 0 Å². The molecule has 0 radical (unpaired) electrons. The topological polar surface area (TPSA) is 52.0 Å². The fourth-order valence-corrected chi connectivity index (χ4v) is 2.18. The molecule has 18 heavy (non-hydrogen) atoms. The molecular formula is C14H19ClN2O. The zero-order valence-corrected chi connectivity index (χ0v) is 11.6. The molecule has 2 N–H and O–H groups in total. The summed E-state index contributed by atoms with van der Waals surface area (Å²) in [4.78, 5) is 4.46. The molecule has 0 aliphatic carbocycles. The van der Waals surface area contributed by atoms with Crippen molar-refractivity contribution in [2.45, 2.75) is 33.1 Å². The largest absolute Gasteiger partial charge is 0.441 e. The van der Waals surface area contributed by atoms with Crippen LogP contribution < -0.4 is 5.73 Å². The predicted octanol–water partition coefficient (Wildman–Crippen LogP) is 3.79. The Hall–Kier alpha value is -1.06. The van der Waals surface area contributed by atoms with Gasteiger partial charge >= 0.3 is 0 Å². The van der Waals surface area contributed by atoms with Gasteiger partial charge in [-0.05, 0) is 36.9 Å². The lowest BCUT2D eigenvalue weighted by molar-refractivity contribution is 0.302. The molecule has 2 aromatic rings. The summed E-state index contributed by atoms with van der Waals surface area (Å²) in [6.45, 7) is 5.16. The molecule has 3 nitrogen and oxygen atoms in total. The lowest BCUT2D eigenvalue weighted by Crippen LogP contribution is -2.17. The Morgan fingerprint density at radius 1 is 1.33 bits per heavy atom. The van der Waals surface area contributed by atoms with Gasteiger partial charge in [0.25, 0.3) is 0 Å². The lowest BCUT2D eigenvalue weighted by atomic mass is 9.84. The van der Waals surface area contributed by atoms with E-state index >= 15 is 0 Å². The van der Waals surface area contributed by atoms with Gasteiger partial charge in [0.1, 0.15) is 5.52 Å². The van der Waals surface area contributed by atoms with Gasteiger partial charge in [-0.2, -0.15) is 0 Å². The van der Waals surface area contributed by atoms with Crippen LogP contribution in [0.2, 0.25) is 5.02 Å². The van der Waals surface area contributed by atoms with Crippen molar-refractivity contribution >= 4 is 22.7 Å². The van der Waals surface area contributed by atoms with E-state index in [1.807, 2.05) is 12.1 Å². The molecule has 0 atom stereocenters. The van der Waals surface area contributed by atoms with E-state index in [0.717, 1.165) is 42.8 Å². The van der Waals surface area contributed by atoms with Gasteiger partial charge in [0.05, 0.1) is 0 Å². The number of aryl methyl sites for hydroxylation is 1. The fourth-order valence-electron chi connectivity index (χ4n) is 2.01. The van der Waals surface area contributed by atoms with Gasteiger partial charge in [-0.3, -0.25) is 0 Å². The average Bonchev–Trinajstić information content (AvgIpc) is 2.68. The van der Waals surface area contributed by atoms with Crippen LogP contribution in [-0.4, -0.2) is 11.5 Å². The maximum atomic E-state index is 5.92.